The van der Waals surface area contributed by atoms with Crippen LogP contribution >= 0.6 is 23.2 Å². The lowest BCUT2D eigenvalue weighted by molar-refractivity contribution is 0.248. The van der Waals surface area contributed by atoms with E-state index in [1.54, 1.807) is 17.1 Å². The summed E-state index contributed by atoms with van der Waals surface area (Å²) in [5, 5.41) is 9.03. The van der Waals surface area contributed by atoms with Gasteiger partial charge in [-0.2, -0.15) is 5.10 Å². The summed E-state index contributed by atoms with van der Waals surface area (Å²) in [6.45, 7) is 4.16. The van der Waals surface area contributed by atoms with Crippen LogP contribution in [-0.2, 0) is 6.54 Å². The number of hydrogen-bond donors (Lipinski definition) is 1. The fraction of sp³-hybridized carbons (Fsp3) is 0.300. The van der Waals surface area contributed by atoms with Gasteiger partial charge in [-0.1, -0.05) is 54.4 Å². The Labute approximate surface area is 169 Å². The molecule has 0 saturated heterocycles. The summed E-state index contributed by atoms with van der Waals surface area (Å²) in [6.07, 6.45) is 3.22. The van der Waals surface area contributed by atoms with Gasteiger partial charge in [-0.15, -0.1) is 0 Å². The third kappa shape index (κ3) is 5.96. The van der Waals surface area contributed by atoms with Crippen molar-refractivity contribution in [1.29, 1.82) is 0 Å². The Hall–Kier alpha value is -2.08. The van der Waals surface area contributed by atoms with Gasteiger partial charge >= 0.3 is 0 Å². The lowest BCUT2D eigenvalue weighted by Gasteiger charge is -2.23. The number of benzene rings is 2. The molecule has 0 spiro atoms. The van der Waals surface area contributed by atoms with Gasteiger partial charge in [-0.25, -0.2) is 4.98 Å². The van der Waals surface area contributed by atoms with Gasteiger partial charge < -0.3 is 10.1 Å². The van der Waals surface area contributed by atoms with E-state index >= 15 is 0 Å². The van der Waals surface area contributed by atoms with E-state index in [1.165, 1.54) is 6.33 Å². The van der Waals surface area contributed by atoms with Crippen LogP contribution in [0.3, 0.4) is 0 Å². The van der Waals surface area contributed by atoms with Crippen molar-refractivity contribution in [2.45, 2.75) is 19.5 Å². The maximum Gasteiger partial charge on any atom is 0.137 e. The normalized spacial score (nSPS) is 13.3. The number of ether oxygens (including phenoxy) is 1. The van der Waals surface area contributed by atoms with E-state index in [4.69, 9.17) is 27.9 Å². The molecule has 5 nitrogen and oxygen atoms in total. The van der Waals surface area contributed by atoms with Gasteiger partial charge in [0, 0.05) is 22.5 Å². The first-order chi connectivity index (χ1) is 13.1. The monoisotopic (exact) mass is 404 g/mol. The predicted octanol–water partition coefficient (Wildman–Crippen LogP) is 4.63. The molecule has 0 aliphatic rings. The van der Waals surface area contributed by atoms with Crippen LogP contribution in [0, 0.1) is 5.92 Å². The van der Waals surface area contributed by atoms with Gasteiger partial charge in [0.15, 0.2) is 0 Å². The van der Waals surface area contributed by atoms with E-state index in [1.807, 2.05) is 42.5 Å². The second kappa shape index (κ2) is 9.74. The minimum absolute atomic E-state index is 0.0179. The number of halogens is 2. The summed E-state index contributed by atoms with van der Waals surface area (Å²) >= 11 is 12.5. The molecule has 1 heterocycles. The first kappa shape index (κ1) is 19.7. The second-order valence-electron chi connectivity index (χ2n) is 6.47. The van der Waals surface area contributed by atoms with Crippen molar-refractivity contribution >= 4 is 23.2 Å². The molecule has 3 rings (SSSR count). The van der Waals surface area contributed by atoms with Crippen molar-refractivity contribution in [3.05, 3.63) is 76.8 Å². The van der Waals surface area contributed by atoms with Crippen LogP contribution in [0.1, 0.15) is 18.5 Å². The maximum atomic E-state index is 6.43. The van der Waals surface area contributed by atoms with Crippen LogP contribution in [0.4, 0.5) is 0 Å². The van der Waals surface area contributed by atoms with Gasteiger partial charge in [0.05, 0.1) is 19.2 Å². The molecule has 0 radical (unpaired) electrons. The largest absolute Gasteiger partial charge is 0.493 e. The van der Waals surface area contributed by atoms with Crippen LogP contribution in [0.15, 0.2) is 61.2 Å². The van der Waals surface area contributed by atoms with Crippen molar-refractivity contribution < 1.29 is 4.74 Å². The molecule has 0 saturated carbocycles. The standard InChI is InChI=1S/C20H22Cl2N4O/c1-15(12-27-17-5-3-2-4-6-17)10-24-20(11-26-14-23-13-25-26)18-8-7-16(21)9-19(18)22/h2-9,13-15,20,24H,10-12H2,1H3. The zero-order valence-corrected chi connectivity index (χ0v) is 16.6. The Morgan fingerprint density at radius 2 is 1.96 bits per heavy atom. The molecule has 1 aromatic heterocycles. The predicted molar refractivity (Wildman–Crippen MR) is 108 cm³/mol. The van der Waals surface area contributed by atoms with Crippen molar-refractivity contribution in [2.75, 3.05) is 13.2 Å². The van der Waals surface area contributed by atoms with Gasteiger partial charge in [-0.05, 0) is 29.8 Å². The molecule has 142 valence electrons. The smallest absolute Gasteiger partial charge is 0.137 e. The number of hydrogen-bond acceptors (Lipinski definition) is 4. The molecule has 0 aliphatic carbocycles. The summed E-state index contributed by atoms with van der Waals surface area (Å²) in [5.74, 6) is 1.19. The molecular weight excluding hydrogens is 383 g/mol. The number of nitrogens with one attached hydrogen (secondary N) is 1. The van der Waals surface area contributed by atoms with Crippen LogP contribution in [0.2, 0.25) is 10.0 Å². The van der Waals surface area contributed by atoms with Crippen molar-refractivity contribution in [2.24, 2.45) is 5.92 Å². The molecule has 0 amide bonds. The van der Waals surface area contributed by atoms with Crippen molar-refractivity contribution in [3.63, 3.8) is 0 Å². The summed E-state index contributed by atoms with van der Waals surface area (Å²) in [7, 11) is 0. The van der Waals surface area contributed by atoms with E-state index in [-0.39, 0.29) is 6.04 Å². The molecule has 3 aromatic rings. The molecule has 1 N–H and O–H groups in total. The first-order valence-electron chi connectivity index (χ1n) is 8.80. The molecule has 2 atom stereocenters. The van der Waals surface area contributed by atoms with Crippen LogP contribution in [0.25, 0.3) is 0 Å². The summed E-state index contributed by atoms with van der Waals surface area (Å²) in [4.78, 5) is 4.01. The summed E-state index contributed by atoms with van der Waals surface area (Å²) in [5.41, 5.74) is 0.979. The Morgan fingerprint density at radius 1 is 1.15 bits per heavy atom. The summed E-state index contributed by atoms with van der Waals surface area (Å²) in [6, 6.07) is 15.4. The maximum absolute atomic E-state index is 6.43. The third-order valence-electron chi connectivity index (χ3n) is 4.16. The van der Waals surface area contributed by atoms with Crippen LogP contribution in [-0.4, -0.2) is 27.9 Å². The van der Waals surface area contributed by atoms with Gasteiger partial charge in [0.2, 0.25) is 0 Å². The van der Waals surface area contributed by atoms with Gasteiger partial charge in [-0.3, -0.25) is 4.68 Å². The van der Waals surface area contributed by atoms with Gasteiger partial charge in [0.25, 0.3) is 0 Å². The molecule has 7 heteroatoms. The summed E-state index contributed by atoms with van der Waals surface area (Å²) < 4.78 is 7.63. The molecule has 27 heavy (non-hydrogen) atoms. The van der Waals surface area contributed by atoms with Crippen LogP contribution in [0.5, 0.6) is 5.75 Å². The molecule has 0 bridgehead atoms. The molecular formula is C20H22Cl2N4O. The highest BCUT2D eigenvalue weighted by Crippen LogP contribution is 2.27. The lowest BCUT2D eigenvalue weighted by atomic mass is 10.1. The first-order valence-corrected chi connectivity index (χ1v) is 9.56. The Morgan fingerprint density at radius 3 is 2.67 bits per heavy atom. The minimum atomic E-state index is -0.0179. The fourth-order valence-electron chi connectivity index (χ4n) is 2.73. The highest BCUT2D eigenvalue weighted by Gasteiger charge is 2.17. The van der Waals surface area contributed by atoms with E-state index in [0.717, 1.165) is 17.9 Å². The van der Waals surface area contributed by atoms with Crippen LogP contribution < -0.4 is 10.1 Å². The Balaban J connectivity index is 1.62. The topological polar surface area (TPSA) is 52.0 Å². The Bertz CT molecular complexity index is 827. The van der Waals surface area contributed by atoms with Crippen molar-refractivity contribution in [1.82, 2.24) is 20.1 Å². The second-order valence-corrected chi connectivity index (χ2v) is 7.32. The van der Waals surface area contributed by atoms with E-state index in [9.17, 15) is 0 Å². The molecule has 0 aliphatic heterocycles. The fourth-order valence-corrected chi connectivity index (χ4v) is 3.27. The Kier molecular flexibility index (Phi) is 7.10. The lowest BCUT2D eigenvalue weighted by Crippen LogP contribution is -2.31. The zero-order valence-electron chi connectivity index (χ0n) is 15.1. The zero-order chi connectivity index (χ0) is 19.1. The molecule has 2 unspecified atom stereocenters. The van der Waals surface area contributed by atoms with Gasteiger partial charge in [0.1, 0.15) is 18.4 Å². The number of aromatic nitrogens is 3. The highest BCUT2D eigenvalue weighted by atomic mass is 35.5. The number of rotatable bonds is 9. The highest BCUT2D eigenvalue weighted by molar-refractivity contribution is 6.35. The molecule has 0 fully saturated rings. The SMILES string of the molecule is CC(CNC(Cn1cncn1)c1ccc(Cl)cc1Cl)COc1ccccc1. The average molecular weight is 405 g/mol. The van der Waals surface area contributed by atoms with E-state index in [2.05, 4.69) is 22.3 Å². The minimum Gasteiger partial charge on any atom is -0.493 e. The van der Waals surface area contributed by atoms with E-state index in [0.29, 0.717) is 29.1 Å². The quantitative estimate of drug-likeness (QED) is 0.564. The number of para-hydroxylation sites is 1. The number of nitrogens with zero attached hydrogens (tertiary/aromatic N) is 3. The average Bonchev–Trinajstić information content (AvgIpc) is 3.18. The van der Waals surface area contributed by atoms with Crippen molar-refractivity contribution in [3.8, 4) is 5.75 Å². The van der Waals surface area contributed by atoms with E-state index < -0.39 is 0 Å². The third-order valence-corrected chi connectivity index (χ3v) is 4.73. The molecule has 2 aromatic carbocycles.